The first-order valence-electron chi connectivity index (χ1n) is 6.35. The molecule has 2 N–H and O–H groups in total. The zero-order chi connectivity index (χ0) is 13.9. The Labute approximate surface area is 117 Å². The number of hydrogen-bond acceptors (Lipinski definition) is 3. The van der Waals surface area contributed by atoms with Crippen LogP contribution in [0, 0.1) is 0 Å². The van der Waals surface area contributed by atoms with E-state index >= 15 is 0 Å². The average molecular weight is 264 g/mol. The van der Waals surface area contributed by atoms with Gasteiger partial charge in [-0.2, -0.15) is 0 Å². The van der Waals surface area contributed by atoms with E-state index in [1.807, 2.05) is 54.6 Å². The number of benzene rings is 3. The molecule has 0 heterocycles. The Morgan fingerprint density at radius 1 is 0.700 bits per heavy atom. The van der Waals surface area contributed by atoms with Gasteiger partial charge in [0.25, 0.3) is 0 Å². The van der Waals surface area contributed by atoms with Crippen molar-refractivity contribution in [1.29, 1.82) is 0 Å². The monoisotopic (exact) mass is 264 g/mol. The van der Waals surface area contributed by atoms with Gasteiger partial charge in [0.1, 0.15) is 5.75 Å². The zero-order valence-corrected chi connectivity index (χ0v) is 10.7. The summed E-state index contributed by atoms with van der Waals surface area (Å²) in [6, 6.07) is 21.4. The van der Waals surface area contributed by atoms with E-state index in [9.17, 15) is 0 Å². The molecule has 0 fully saturated rings. The lowest BCUT2D eigenvalue weighted by atomic mass is 9.97. The Hall–Kier alpha value is -2.30. The highest BCUT2D eigenvalue weighted by Crippen LogP contribution is 2.34. The van der Waals surface area contributed by atoms with Crippen LogP contribution in [0.25, 0.3) is 21.9 Å². The van der Waals surface area contributed by atoms with E-state index in [2.05, 4.69) is 0 Å². The Morgan fingerprint density at radius 3 is 2.20 bits per heavy atom. The molecule has 0 aliphatic rings. The molecule has 20 heavy (non-hydrogen) atoms. The fraction of sp³-hybridized carbons (Fsp3) is 0. The van der Waals surface area contributed by atoms with Gasteiger partial charge < -0.3 is 14.7 Å². The van der Waals surface area contributed by atoms with Gasteiger partial charge >= 0.3 is 7.32 Å². The van der Waals surface area contributed by atoms with Crippen molar-refractivity contribution in [3.63, 3.8) is 0 Å². The SMILES string of the molecule is OB(O)Oc1ccccc1-c1cccc2ccccc12. The van der Waals surface area contributed by atoms with E-state index < -0.39 is 7.32 Å². The first-order chi connectivity index (χ1) is 9.75. The molecule has 0 aliphatic heterocycles. The topological polar surface area (TPSA) is 49.7 Å². The van der Waals surface area contributed by atoms with Gasteiger partial charge in [0.2, 0.25) is 0 Å². The summed E-state index contributed by atoms with van der Waals surface area (Å²) in [6.45, 7) is 0. The predicted molar refractivity (Wildman–Crippen MR) is 80.2 cm³/mol. The van der Waals surface area contributed by atoms with E-state index in [4.69, 9.17) is 14.7 Å². The van der Waals surface area contributed by atoms with E-state index in [-0.39, 0.29) is 0 Å². The first kappa shape index (κ1) is 12.7. The maximum absolute atomic E-state index is 9.02. The molecule has 3 aromatic carbocycles. The second-order valence-electron chi connectivity index (χ2n) is 4.47. The lowest BCUT2D eigenvalue weighted by Gasteiger charge is -2.13. The van der Waals surface area contributed by atoms with Gasteiger partial charge in [-0.05, 0) is 22.4 Å². The third-order valence-electron chi connectivity index (χ3n) is 3.20. The molecule has 3 aromatic rings. The number of fused-ring (bicyclic) bond motifs is 1. The maximum atomic E-state index is 9.02. The van der Waals surface area contributed by atoms with Crippen LogP contribution in [0.3, 0.4) is 0 Å². The van der Waals surface area contributed by atoms with Crippen LogP contribution in [-0.2, 0) is 0 Å². The lowest BCUT2D eigenvalue weighted by Crippen LogP contribution is -2.20. The highest BCUT2D eigenvalue weighted by Gasteiger charge is 2.15. The normalized spacial score (nSPS) is 10.5. The van der Waals surface area contributed by atoms with Crippen molar-refractivity contribution in [2.24, 2.45) is 0 Å². The summed E-state index contributed by atoms with van der Waals surface area (Å²) in [6.07, 6.45) is 0. The molecule has 0 unspecified atom stereocenters. The molecule has 0 atom stereocenters. The molecule has 3 nitrogen and oxygen atoms in total. The van der Waals surface area contributed by atoms with Gasteiger partial charge in [-0.25, -0.2) is 0 Å². The van der Waals surface area contributed by atoms with E-state index in [0.29, 0.717) is 5.75 Å². The largest absolute Gasteiger partial charge is 0.707 e. The minimum Gasteiger partial charge on any atom is -0.512 e. The van der Waals surface area contributed by atoms with Gasteiger partial charge in [0, 0.05) is 5.56 Å². The molecular formula is C16H13BO3. The van der Waals surface area contributed by atoms with Crippen molar-refractivity contribution < 1.29 is 14.7 Å². The van der Waals surface area contributed by atoms with Crippen LogP contribution in [0.1, 0.15) is 0 Å². The van der Waals surface area contributed by atoms with Crippen LogP contribution in [0.15, 0.2) is 66.7 Å². The Morgan fingerprint density at radius 2 is 1.35 bits per heavy atom. The highest BCUT2D eigenvalue weighted by molar-refractivity contribution is 6.34. The quantitative estimate of drug-likeness (QED) is 0.715. The number of para-hydroxylation sites is 1. The van der Waals surface area contributed by atoms with Gasteiger partial charge in [-0.15, -0.1) is 0 Å². The maximum Gasteiger partial charge on any atom is 0.707 e. The standard InChI is InChI=1S/C16H13BO3/c18-17(19)20-16-11-4-3-9-15(16)14-10-5-7-12-6-1-2-8-13(12)14/h1-11,18-19H. The summed E-state index contributed by atoms with van der Waals surface area (Å²) >= 11 is 0. The van der Waals surface area contributed by atoms with E-state index in [1.54, 1.807) is 12.1 Å². The molecule has 0 aromatic heterocycles. The van der Waals surface area contributed by atoms with Crippen molar-refractivity contribution in [2.45, 2.75) is 0 Å². The Balaban J connectivity index is 2.21. The number of rotatable bonds is 3. The zero-order valence-electron chi connectivity index (χ0n) is 10.7. The second-order valence-corrected chi connectivity index (χ2v) is 4.47. The molecule has 0 saturated heterocycles. The Kier molecular flexibility index (Phi) is 3.42. The van der Waals surface area contributed by atoms with Crippen molar-refractivity contribution in [2.75, 3.05) is 0 Å². The average Bonchev–Trinajstić information content (AvgIpc) is 2.47. The van der Waals surface area contributed by atoms with Gasteiger partial charge in [-0.3, -0.25) is 0 Å². The molecule has 98 valence electrons. The smallest absolute Gasteiger partial charge is 0.512 e. The van der Waals surface area contributed by atoms with Crippen LogP contribution in [0.4, 0.5) is 0 Å². The number of hydrogen-bond donors (Lipinski definition) is 2. The fourth-order valence-corrected chi connectivity index (χ4v) is 2.37. The van der Waals surface area contributed by atoms with Crippen LogP contribution >= 0.6 is 0 Å². The van der Waals surface area contributed by atoms with Crippen molar-refractivity contribution in [1.82, 2.24) is 0 Å². The van der Waals surface area contributed by atoms with Crippen LogP contribution in [0.5, 0.6) is 5.75 Å². The van der Waals surface area contributed by atoms with Crippen molar-refractivity contribution in [3.05, 3.63) is 66.7 Å². The van der Waals surface area contributed by atoms with Crippen molar-refractivity contribution >= 4 is 18.1 Å². The summed E-state index contributed by atoms with van der Waals surface area (Å²) in [5.74, 6) is 0.443. The lowest BCUT2D eigenvalue weighted by molar-refractivity contribution is 0.288. The van der Waals surface area contributed by atoms with Gasteiger partial charge in [0.05, 0.1) is 0 Å². The highest BCUT2D eigenvalue weighted by atomic mass is 16.6. The Bertz CT molecular complexity index is 735. The first-order valence-corrected chi connectivity index (χ1v) is 6.35. The minimum atomic E-state index is -1.83. The van der Waals surface area contributed by atoms with E-state index in [0.717, 1.165) is 21.9 Å². The summed E-state index contributed by atoms with van der Waals surface area (Å²) in [4.78, 5) is 0. The molecule has 0 spiro atoms. The van der Waals surface area contributed by atoms with Gasteiger partial charge in [0.15, 0.2) is 0 Å². The molecule has 0 amide bonds. The molecule has 0 aliphatic carbocycles. The minimum absolute atomic E-state index is 0.443. The molecule has 0 saturated carbocycles. The van der Waals surface area contributed by atoms with E-state index in [1.165, 1.54) is 0 Å². The van der Waals surface area contributed by atoms with Gasteiger partial charge in [-0.1, -0.05) is 60.7 Å². The van der Waals surface area contributed by atoms with Crippen LogP contribution in [-0.4, -0.2) is 17.4 Å². The summed E-state index contributed by atoms with van der Waals surface area (Å²) in [5, 5.41) is 20.3. The molecule has 0 bridgehead atoms. The third-order valence-corrected chi connectivity index (χ3v) is 3.20. The predicted octanol–water partition coefficient (Wildman–Crippen LogP) is 2.86. The molecule has 0 radical (unpaired) electrons. The molecule has 3 rings (SSSR count). The van der Waals surface area contributed by atoms with Crippen LogP contribution in [0.2, 0.25) is 0 Å². The summed E-state index contributed by atoms with van der Waals surface area (Å²) in [5.41, 5.74) is 1.83. The molecule has 4 heteroatoms. The summed E-state index contributed by atoms with van der Waals surface area (Å²) < 4.78 is 5.06. The third kappa shape index (κ3) is 2.39. The second kappa shape index (κ2) is 5.37. The fourth-order valence-electron chi connectivity index (χ4n) is 2.37. The molecular weight excluding hydrogens is 251 g/mol. The van der Waals surface area contributed by atoms with Crippen LogP contribution < -0.4 is 4.65 Å². The van der Waals surface area contributed by atoms with Crippen molar-refractivity contribution in [3.8, 4) is 16.9 Å². The summed E-state index contributed by atoms with van der Waals surface area (Å²) in [7, 11) is -1.83.